The molecule has 1 fully saturated rings. The van der Waals surface area contributed by atoms with Crippen LogP contribution in [-0.2, 0) is 4.79 Å². The Bertz CT molecular complexity index is 411. The van der Waals surface area contributed by atoms with Crippen molar-refractivity contribution in [2.45, 2.75) is 25.4 Å². The van der Waals surface area contributed by atoms with Gasteiger partial charge in [0.1, 0.15) is 5.75 Å². The Morgan fingerprint density at radius 3 is 2.58 bits per heavy atom. The standard InChI is InChI=1S/C14H20N2O3/c15-11-1-3-13(4-2-11)19-10-7-14(18)16-8-5-12(17)6-9-16/h1-4,12,17H,5-10,15H2. The van der Waals surface area contributed by atoms with Crippen molar-refractivity contribution in [3.8, 4) is 5.75 Å². The fourth-order valence-corrected chi connectivity index (χ4v) is 2.09. The predicted octanol–water partition coefficient (Wildman–Crippen LogP) is 1.02. The van der Waals surface area contributed by atoms with Gasteiger partial charge in [-0.2, -0.15) is 0 Å². The number of nitrogen functional groups attached to an aromatic ring is 1. The predicted molar refractivity (Wildman–Crippen MR) is 72.8 cm³/mol. The third kappa shape index (κ3) is 4.13. The number of carbonyl (C=O) groups is 1. The Morgan fingerprint density at radius 2 is 1.95 bits per heavy atom. The van der Waals surface area contributed by atoms with Crippen LogP contribution < -0.4 is 10.5 Å². The molecule has 0 aliphatic carbocycles. The molecule has 5 heteroatoms. The molecule has 1 aliphatic heterocycles. The van der Waals surface area contributed by atoms with Gasteiger partial charge in [-0.05, 0) is 37.1 Å². The zero-order chi connectivity index (χ0) is 13.7. The molecule has 0 spiro atoms. The van der Waals surface area contributed by atoms with Crippen molar-refractivity contribution in [3.05, 3.63) is 24.3 Å². The zero-order valence-electron chi connectivity index (χ0n) is 10.9. The number of amides is 1. The Hall–Kier alpha value is -1.75. The van der Waals surface area contributed by atoms with Gasteiger partial charge in [0.15, 0.2) is 0 Å². The minimum Gasteiger partial charge on any atom is -0.493 e. The third-order valence-electron chi connectivity index (χ3n) is 3.28. The highest BCUT2D eigenvalue weighted by atomic mass is 16.5. The number of likely N-dealkylation sites (tertiary alicyclic amines) is 1. The molecular formula is C14H20N2O3. The number of piperidine rings is 1. The lowest BCUT2D eigenvalue weighted by Gasteiger charge is -2.29. The monoisotopic (exact) mass is 264 g/mol. The molecule has 0 bridgehead atoms. The average Bonchev–Trinajstić information content (AvgIpc) is 2.41. The second kappa shape index (κ2) is 6.43. The van der Waals surface area contributed by atoms with E-state index in [0.29, 0.717) is 44.6 Å². The highest BCUT2D eigenvalue weighted by molar-refractivity contribution is 5.76. The van der Waals surface area contributed by atoms with E-state index in [2.05, 4.69) is 0 Å². The van der Waals surface area contributed by atoms with Gasteiger partial charge in [0, 0.05) is 18.8 Å². The first kappa shape index (κ1) is 13.7. The summed E-state index contributed by atoms with van der Waals surface area (Å²) in [5, 5.41) is 9.38. The van der Waals surface area contributed by atoms with Crippen LogP contribution in [0.4, 0.5) is 5.69 Å². The zero-order valence-corrected chi connectivity index (χ0v) is 10.9. The molecule has 0 saturated carbocycles. The molecule has 1 amide bonds. The van der Waals surface area contributed by atoms with Gasteiger partial charge in [-0.15, -0.1) is 0 Å². The van der Waals surface area contributed by atoms with Crippen molar-refractivity contribution >= 4 is 11.6 Å². The Morgan fingerprint density at radius 1 is 1.32 bits per heavy atom. The molecule has 104 valence electrons. The number of carbonyl (C=O) groups excluding carboxylic acids is 1. The molecule has 3 N–H and O–H groups in total. The van der Waals surface area contributed by atoms with E-state index < -0.39 is 0 Å². The molecular weight excluding hydrogens is 244 g/mol. The van der Waals surface area contributed by atoms with Crippen molar-refractivity contribution in [1.29, 1.82) is 0 Å². The summed E-state index contributed by atoms with van der Waals surface area (Å²) in [5.74, 6) is 0.804. The quantitative estimate of drug-likeness (QED) is 0.796. The normalized spacial score (nSPS) is 16.4. The lowest BCUT2D eigenvalue weighted by atomic mass is 10.1. The first-order valence-electron chi connectivity index (χ1n) is 6.59. The largest absolute Gasteiger partial charge is 0.493 e. The number of nitrogens with zero attached hydrogens (tertiary/aromatic N) is 1. The van der Waals surface area contributed by atoms with Crippen LogP contribution in [0.15, 0.2) is 24.3 Å². The summed E-state index contributed by atoms with van der Waals surface area (Å²) in [6.07, 6.45) is 1.45. The van der Waals surface area contributed by atoms with E-state index in [0.717, 1.165) is 5.75 Å². The SMILES string of the molecule is Nc1ccc(OCCC(=O)N2CCC(O)CC2)cc1. The van der Waals surface area contributed by atoms with E-state index in [-0.39, 0.29) is 12.0 Å². The van der Waals surface area contributed by atoms with Crippen LogP contribution in [0, 0.1) is 0 Å². The fraction of sp³-hybridized carbons (Fsp3) is 0.500. The van der Waals surface area contributed by atoms with Gasteiger partial charge in [-0.1, -0.05) is 0 Å². The number of benzene rings is 1. The number of rotatable bonds is 4. The summed E-state index contributed by atoms with van der Waals surface area (Å²) in [6.45, 7) is 1.64. The van der Waals surface area contributed by atoms with Crippen LogP contribution >= 0.6 is 0 Å². The van der Waals surface area contributed by atoms with Crippen molar-refractivity contribution in [3.63, 3.8) is 0 Å². The summed E-state index contributed by atoms with van der Waals surface area (Å²) in [4.78, 5) is 13.7. The number of ether oxygens (including phenoxy) is 1. The van der Waals surface area contributed by atoms with Gasteiger partial charge in [-0.25, -0.2) is 0 Å². The van der Waals surface area contributed by atoms with Gasteiger partial charge in [-0.3, -0.25) is 4.79 Å². The van der Waals surface area contributed by atoms with Gasteiger partial charge >= 0.3 is 0 Å². The number of hydrogen-bond acceptors (Lipinski definition) is 4. The summed E-state index contributed by atoms with van der Waals surface area (Å²) in [6, 6.07) is 7.11. The maximum atomic E-state index is 11.9. The Balaban J connectivity index is 1.70. The minimum atomic E-state index is -0.255. The smallest absolute Gasteiger partial charge is 0.226 e. The van der Waals surface area contributed by atoms with E-state index in [1.54, 1.807) is 29.2 Å². The maximum Gasteiger partial charge on any atom is 0.226 e. The van der Waals surface area contributed by atoms with Gasteiger partial charge < -0.3 is 20.5 Å². The topological polar surface area (TPSA) is 75.8 Å². The summed E-state index contributed by atoms with van der Waals surface area (Å²) in [7, 11) is 0. The molecule has 1 aliphatic rings. The number of nitrogens with two attached hydrogens (primary N) is 1. The molecule has 0 unspecified atom stereocenters. The number of aliphatic hydroxyl groups excluding tert-OH is 1. The molecule has 2 rings (SSSR count). The Labute approximate surface area is 113 Å². The minimum absolute atomic E-state index is 0.0855. The summed E-state index contributed by atoms with van der Waals surface area (Å²) < 4.78 is 5.49. The fourth-order valence-electron chi connectivity index (χ4n) is 2.09. The van der Waals surface area contributed by atoms with Crippen LogP contribution in [0.2, 0.25) is 0 Å². The van der Waals surface area contributed by atoms with Gasteiger partial charge in [0.2, 0.25) is 5.91 Å². The van der Waals surface area contributed by atoms with E-state index in [1.165, 1.54) is 0 Å². The molecule has 1 aromatic carbocycles. The lowest BCUT2D eigenvalue weighted by Crippen LogP contribution is -2.40. The van der Waals surface area contributed by atoms with Crippen LogP contribution in [0.25, 0.3) is 0 Å². The van der Waals surface area contributed by atoms with E-state index in [1.807, 2.05) is 0 Å². The number of hydrogen-bond donors (Lipinski definition) is 2. The molecule has 0 atom stereocenters. The highest BCUT2D eigenvalue weighted by Crippen LogP contribution is 2.14. The van der Waals surface area contributed by atoms with Crippen LogP contribution in [0.1, 0.15) is 19.3 Å². The number of aliphatic hydroxyl groups is 1. The maximum absolute atomic E-state index is 11.9. The second-order valence-corrected chi connectivity index (χ2v) is 4.78. The van der Waals surface area contributed by atoms with Crippen LogP contribution in [0.3, 0.4) is 0 Å². The van der Waals surface area contributed by atoms with Crippen molar-refractivity contribution in [2.75, 3.05) is 25.4 Å². The molecule has 1 saturated heterocycles. The van der Waals surface area contributed by atoms with Crippen molar-refractivity contribution < 1.29 is 14.6 Å². The second-order valence-electron chi connectivity index (χ2n) is 4.78. The number of anilines is 1. The summed E-state index contributed by atoms with van der Waals surface area (Å²) in [5.41, 5.74) is 6.27. The average molecular weight is 264 g/mol. The van der Waals surface area contributed by atoms with E-state index >= 15 is 0 Å². The summed E-state index contributed by atoms with van der Waals surface area (Å²) >= 11 is 0. The van der Waals surface area contributed by atoms with Crippen LogP contribution in [-0.4, -0.2) is 41.7 Å². The first-order chi connectivity index (χ1) is 9.15. The van der Waals surface area contributed by atoms with Gasteiger partial charge in [0.25, 0.3) is 0 Å². The molecule has 0 aromatic heterocycles. The first-order valence-corrected chi connectivity index (χ1v) is 6.59. The van der Waals surface area contributed by atoms with Crippen LogP contribution in [0.5, 0.6) is 5.75 Å². The van der Waals surface area contributed by atoms with E-state index in [9.17, 15) is 9.90 Å². The molecule has 1 heterocycles. The highest BCUT2D eigenvalue weighted by Gasteiger charge is 2.20. The molecule has 19 heavy (non-hydrogen) atoms. The van der Waals surface area contributed by atoms with Crippen molar-refractivity contribution in [1.82, 2.24) is 4.90 Å². The molecule has 5 nitrogen and oxygen atoms in total. The lowest BCUT2D eigenvalue weighted by molar-refractivity contribution is -0.133. The van der Waals surface area contributed by atoms with E-state index in [4.69, 9.17) is 10.5 Å². The Kier molecular flexibility index (Phi) is 4.63. The van der Waals surface area contributed by atoms with Gasteiger partial charge in [0.05, 0.1) is 19.1 Å². The third-order valence-corrected chi connectivity index (χ3v) is 3.28. The molecule has 1 aromatic rings. The van der Waals surface area contributed by atoms with Crippen molar-refractivity contribution in [2.24, 2.45) is 0 Å². The molecule has 0 radical (unpaired) electrons.